The van der Waals surface area contributed by atoms with Crippen molar-refractivity contribution in [2.24, 2.45) is 0 Å². The molecule has 3 heterocycles. The molecule has 1 aromatic heterocycles. The molecule has 0 bridgehead atoms. The summed E-state index contributed by atoms with van der Waals surface area (Å²) in [4.78, 5) is 45.3. The normalized spacial score (nSPS) is 19.1. The molecular weight excluding hydrogens is 430 g/mol. The van der Waals surface area contributed by atoms with Crippen LogP contribution in [-0.2, 0) is 14.4 Å². The van der Waals surface area contributed by atoms with Crippen LogP contribution in [0.25, 0.3) is 0 Å². The molecular formula is C26H33N5O3. The first-order valence-electron chi connectivity index (χ1n) is 12.0. The van der Waals surface area contributed by atoms with Crippen molar-refractivity contribution >= 4 is 29.2 Å². The van der Waals surface area contributed by atoms with Crippen LogP contribution in [0.3, 0.4) is 0 Å². The minimum atomic E-state index is -0.661. The van der Waals surface area contributed by atoms with Crippen LogP contribution in [0.5, 0.6) is 0 Å². The maximum absolute atomic E-state index is 13.2. The van der Waals surface area contributed by atoms with Crippen molar-refractivity contribution in [3.63, 3.8) is 0 Å². The van der Waals surface area contributed by atoms with Gasteiger partial charge in [-0.1, -0.05) is 24.3 Å². The molecule has 180 valence electrons. The van der Waals surface area contributed by atoms with Crippen molar-refractivity contribution in [1.29, 1.82) is 0 Å². The Morgan fingerprint density at radius 3 is 2.47 bits per heavy atom. The van der Waals surface area contributed by atoms with Crippen molar-refractivity contribution in [1.82, 2.24) is 14.8 Å². The number of rotatable bonds is 3. The molecule has 8 heteroatoms. The summed E-state index contributed by atoms with van der Waals surface area (Å²) in [7, 11) is 0. The van der Waals surface area contributed by atoms with E-state index in [1.807, 2.05) is 11.0 Å². The third-order valence-electron chi connectivity index (χ3n) is 7.04. The van der Waals surface area contributed by atoms with Crippen LogP contribution in [0.4, 0.5) is 11.5 Å². The number of nitrogens with zero attached hydrogens (tertiary/aromatic N) is 3. The first-order chi connectivity index (χ1) is 16.3. The van der Waals surface area contributed by atoms with Crippen LogP contribution >= 0.6 is 0 Å². The van der Waals surface area contributed by atoms with Gasteiger partial charge in [-0.2, -0.15) is 0 Å². The lowest BCUT2D eigenvalue weighted by molar-refractivity contribution is -0.145. The summed E-state index contributed by atoms with van der Waals surface area (Å²) in [5, 5.41) is 2.67. The molecule has 0 spiro atoms. The number of nitrogens with one attached hydrogen (secondary N) is 1. The molecule has 0 saturated carbocycles. The van der Waals surface area contributed by atoms with Crippen molar-refractivity contribution in [3.8, 4) is 0 Å². The van der Waals surface area contributed by atoms with Gasteiger partial charge in [0.05, 0.1) is 17.9 Å². The quantitative estimate of drug-likeness (QED) is 0.679. The molecule has 2 aliphatic heterocycles. The summed E-state index contributed by atoms with van der Waals surface area (Å²) in [6.07, 6.45) is 6.05. The van der Waals surface area contributed by atoms with Gasteiger partial charge in [0.2, 0.25) is 5.91 Å². The van der Waals surface area contributed by atoms with E-state index in [0.29, 0.717) is 24.0 Å². The number of piperidine rings is 2. The molecule has 4 rings (SSSR count). The summed E-state index contributed by atoms with van der Waals surface area (Å²) < 4.78 is 0. The summed E-state index contributed by atoms with van der Waals surface area (Å²) in [5.74, 6) is -0.267. The second-order valence-corrected chi connectivity index (χ2v) is 9.34. The lowest BCUT2D eigenvalue weighted by Crippen LogP contribution is -2.44. The van der Waals surface area contributed by atoms with Crippen LogP contribution in [0, 0.1) is 6.92 Å². The average molecular weight is 464 g/mol. The van der Waals surface area contributed by atoms with E-state index in [0.717, 1.165) is 56.3 Å². The summed E-state index contributed by atoms with van der Waals surface area (Å²) in [6.45, 7) is 5.53. The SMILES string of the molecule is CC(=O)N1CCC(c2cccc(C3CCCCN3C(=O)C(=O)Nc3cnc(N)c(C)c3)c2)CC1. The van der Waals surface area contributed by atoms with E-state index < -0.39 is 11.8 Å². The number of benzene rings is 1. The highest BCUT2D eigenvalue weighted by Gasteiger charge is 2.32. The van der Waals surface area contributed by atoms with Gasteiger partial charge in [0.1, 0.15) is 5.82 Å². The first kappa shape index (κ1) is 23.7. The Hall–Kier alpha value is -3.42. The number of aromatic nitrogens is 1. The van der Waals surface area contributed by atoms with Crippen LogP contribution in [0.1, 0.15) is 67.7 Å². The fourth-order valence-corrected chi connectivity index (χ4v) is 5.04. The second kappa shape index (κ2) is 10.2. The predicted octanol–water partition coefficient (Wildman–Crippen LogP) is 3.39. The third kappa shape index (κ3) is 5.21. The number of hydrogen-bond donors (Lipinski definition) is 2. The Morgan fingerprint density at radius 2 is 1.76 bits per heavy atom. The van der Waals surface area contributed by atoms with Gasteiger partial charge in [0.25, 0.3) is 0 Å². The number of likely N-dealkylation sites (tertiary alicyclic amines) is 2. The molecule has 2 aliphatic rings. The van der Waals surface area contributed by atoms with Gasteiger partial charge >= 0.3 is 11.8 Å². The lowest BCUT2D eigenvalue weighted by atomic mass is 9.86. The Bertz CT molecular complexity index is 1080. The number of carbonyl (C=O) groups is 3. The van der Waals surface area contributed by atoms with Crippen molar-refractivity contribution in [2.75, 3.05) is 30.7 Å². The smallest absolute Gasteiger partial charge is 0.313 e. The van der Waals surface area contributed by atoms with Gasteiger partial charge in [-0.05, 0) is 67.7 Å². The van der Waals surface area contributed by atoms with Crippen LogP contribution in [0.15, 0.2) is 36.5 Å². The number of amides is 3. The first-order valence-corrected chi connectivity index (χ1v) is 12.0. The third-order valence-corrected chi connectivity index (χ3v) is 7.04. The minimum Gasteiger partial charge on any atom is -0.383 e. The van der Waals surface area contributed by atoms with Crippen molar-refractivity contribution in [2.45, 2.75) is 57.9 Å². The van der Waals surface area contributed by atoms with Crippen molar-refractivity contribution < 1.29 is 14.4 Å². The molecule has 0 radical (unpaired) electrons. The molecule has 0 aliphatic carbocycles. The Kier molecular flexibility index (Phi) is 7.14. The van der Waals surface area contributed by atoms with E-state index in [1.165, 1.54) is 11.8 Å². The zero-order chi connectivity index (χ0) is 24.2. The maximum Gasteiger partial charge on any atom is 0.313 e. The van der Waals surface area contributed by atoms with Gasteiger partial charge in [0.15, 0.2) is 0 Å². The molecule has 1 atom stereocenters. The molecule has 1 unspecified atom stereocenters. The highest BCUT2D eigenvalue weighted by atomic mass is 16.2. The molecule has 1 aromatic carbocycles. The topological polar surface area (TPSA) is 109 Å². The summed E-state index contributed by atoms with van der Waals surface area (Å²) in [5.41, 5.74) is 9.26. The Morgan fingerprint density at radius 1 is 1.03 bits per heavy atom. The number of hydrogen-bond acceptors (Lipinski definition) is 5. The molecule has 3 amide bonds. The van der Waals surface area contributed by atoms with Gasteiger partial charge in [-0.15, -0.1) is 0 Å². The van der Waals surface area contributed by atoms with E-state index in [2.05, 4.69) is 28.5 Å². The number of anilines is 2. The molecule has 3 N–H and O–H groups in total. The molecule has 2 fully saturated rings. The van der Waals surface area contributed by atoms with Gasteiger partial charge in [-0.25, -0.2) is 4.98 Å². The van der Waals surface area contributed by atoms with Crippen molar-refractivity contribution in [3.05, 3.63) is 53.2 Å². The van der Waals surface area contributed by atoms with Gasteiger partial charge < -0.3 is 20.9 Å². The zero-order valence-corrected chi connectivity index (χ0v) is 19.9. The standard InChI is InChI=1S/C26H33N5O3/c1-17-14-22(16-28-24(17)27)29-25(33)26(34)31-11-4-3-8-23(31)21-7-5-6-20(15-21)19-9-12-30(13-10-19)18(2)32/h5-7,14-16,19,23H,3-4,8-13H2,1-2H3,(H2,27,28)(H,29,33). The average Bonchev–Trinajstić information content (AvgIpc) is 2.86. The Balaban J connectivity index is 1.48. The second-order valence-electron chi connectivity index (χ2n) is 9.34. The Labute approximate surface area is 200 Å². The van der Waals surface area contributed by atoms with E-state index in [1.54, 1.807) is 24.8 Å². The highest BCUT2D eigenvalue weighted by molar-refractivity contribution is 6.39. The van der Waals surface area contributed by atoms with Crippen LogP contribution in [0.2, 0.25) is 0 Å². The minimum absolute atomic E-state index is 0.129. The largest absolute Gasteiger partial charge is 0.383 e. The number of nitrogen functional groups attached to an aromatic ring is 1. The number of aryl methyl sites for hydroxylation is 1. The monoisotopic (exact) mass is 463 g/mol. The number of carbonyl (C=O) groups excluding carboxylic acids is 3. The number of nitrogens with two attached hydrogens (primary N) is 1. The predicted molar refractivity (Wildman–Crippen MR) is 131 cm³/mol. The fraction of sp³-hybridized carbons (Fsp3) is 0.462. The zero-order valence-electron chi connectivity index (χ0n) is 19.9. The summed E-state index contributed by atoms with van der Waals surface area (Å²) >= 11 is 0. The van der Waals surface area contributed by atoms with E-state index in [9.17, 15) is 14.4 Å². The lowest BCUT2D eigenvalue weighted by Gasteiger charge is -2.36. The maximum atomic E-state index is 13.2. The van der Waals surface area contributed by atoms with Crippen LogP contribution in [-0.4, -0.2) is 52.1 Å². The molecule has 8 nitrogen and oxygen atoms in total. The summed E-state index contributed by atoms with van der Waals surface area (Å²) in [6, 6.07) is 10.0. The van der Waals surface area contributed by atoms with Gasteiger partial charge in [0, 0.05) is 26.6 Å². The molecule has 2 saturated heterocycles. The molecule has 34 heavy (non-hydrogen) atoms. The highest BCUT2D eigenvalue weighted by Crippen LogP contribution is 2.35. The van der Waals surface area contributed by atoms with E-state index >= 15 is 0 Å². The van der Waals surface area contributed by atoms with Crippen LogP contribution < -0.4 is 11.1 Å². The fourth-order valence-electron chi connectivity index (χ4n) is 5.04. The van der Waals surface area contributed by atoms with E-state index in [-0.39, 0.29) is 11.9 Å². The van der Waals surface area contributed by atoms with E-state index in [4.69, 9.17) is 5.73 Å². The number of pyridine rings is 1. The molecule has 2 aromatic rings. The van der Waals surface area contributed by atoms with Gasteiger partial charge in [-0.3, -0.25) is 14.4 Å².